The molecule has 7 nitrogen and oxygen atoms in total. The number of hydrogen-bond acceptors (Lipinski definition) is 5. The number of benzene rings is 1. The largest absolute Gasteiger partial charge is 0.496 e. The Bertz CT molecular complexity index is 1230. The van der Waals surface area contributed by atoms with Gasteiger partial charge >= 0.3 is 0 Å². The van der Waals surface area contributed by atoms with Crippen LogP contribution in [0.2, 0.25) is 0 Å². The molecule has 0 aliphatic rings. The van der Waals surface area contributed by atoms with Gasteiger partial charge in [-0.15, -0.1) is 6.58 Å². The second-order valence-corrected chi connectivity index (χ2v) is 7.01. The van der Waals surface area contributed by atoms with Crippen LogP contribution in [0.3, 0.4) is 0 Å². The maximum Gasteiger partial charge on any atom is 0.262 e. The minimum Gasteiger partial charge on any atom is -0.496 e. The minimum absolute atomic E-state index is 0.220. The third-order valence-electron chi connectivity index (χ3n) is 4.72. The molecule has 1 aromatic carbocycles. The van der Waals surface area contributed by atoms with Gasteiger partial charge in [-0.2, -0.15) is 0 Å². The van der Waals surface area contributed by atoms with Gasteiger partial charge in [0.05, 0.1) is 30.3 Å². The molecule has 0 saturated carbocycles. The van der Waals surface area contributed by atoms with Crippen molar-refractivity contribution in [2.24, 2.45) is 0 Å². The van der Waals surface area contributed by atoms with Gasteiger partial charge in [-0.1, -0.05) is 6.08 Å². The smallest absolute Gasteiger partial charge is 0.262 e. The molecule has 1 amide bonds. The fraction of sp³-hybridized carbons (Fsp3) is 0.238. The number of aromatic nitrogens is 3. The summed E-state index contributed by atoms with van der Waals surface area (Å²) < 4.78 is 7.11. The summed E-state index contributed by atoms with van der Waals surface area (Å²) in [5.74, 6) is 0.487. The molecule has 3 rings (SSSR count). The lowest BCUT2D eigenvalue weighted by molar-refractivity contribution is 0.0950. The molecule has 0 unspecified atom stereocenters. The highest BCUT2D eigenvalue weighted by molar-refractivity contribution is 7.71. The number of aromatic amines is 1. The first-order valence-corrected chi connectivity index (χ1v) is 9.43. The summed E-state index contributed by atoms with van der Waals surface area (Å²) in [7, 11) is 1.61. The molecule has 2 heterocycles. The van der Waals surface area contributed by atoms with Crippen molar-refractivity contribution in [3.8, 4) is 5.75 Å². The highest BCUT2D eigenvalue weighted by atomic mass is 32.1. The van der Waals surface area contributed by atoms with Crippen LogP contribution in [0.1, 0.15) is 27.2 Å². The lowest BCUT2D eigenvalue weighted by Crippen LogP contribution is -2.25. The zero-order valence-corrected chi connectivity index (χ0v) is 17.4. The van der Waals surface area contributed by atoms with Crippen LogP contribution in [0.4, 0.5) is 0 Å². The van der Waals surface area contributed by atoms with Crippen molar-refractivity contribution < 1.29 is 9.53 Å². The second-order valence-electron chi connectivity index (χ2n) is 6.62. The van der Waals surface area contributed by atoms with Crippen LogP contribution in [0.15, 0.2) is 41.8 Å². The standard InChI is InChI=1S/C21H22N4O3S/c1-5-8-25-20(27)15-7-6-14(9-16(15)24-21(25)29)19(26)23-11-17-13(3)18(28-4)12(2)10-22-17/h5-7,9-10H,1,8,11H2,2-4H3,(H,23,26)(H,24,29). The van der Waals surface area contributed by atoms with Gasteiger partial charge in [-0.05, 0) is 44.3 Å². The van der Waals surface area contributed by atoms with E-state index in [1.807, 2.05) is 13.8 Å². The zero-order valence-electron chi connectivity index (χ0n) is 16.5. The normalized spacial score (nSPS) is 10.7. The van der Waals surface area contributed by atoms with E-state index in [2.05, 4.69) is 21.9 Å². The Labute approximate surface area is 173 Å². The monoisotopic (exact) mass is 410 g/mol. The van der Waals surface area contributed by atoms with Gasteiger partial charge in [0, 0.05) is 29.4 Å². The number of rotatable bonds is 6. The average molecular weight is 410 g/mol. The highest BCUT2D eigenvalue weighted by Crippen LogP contribution is 2.23. The Morgan fingerprint density at radius 2 is 2.17 bits per heavy atom. The molecule has 150 valence electrons. The Morgan fingerprint density at radius 3 is 2.86 bits per heavy atom. The predicted molar refractivity (Wildman–Crippen MR) is 115 cm³/mol. The number of hydrogen-bond donors (Lipinski definition) is 2. The van der Waals surface area contributed by atoms with Gasteiger partial charge in [0.15, 0.2) is 4.77 Å². The van der Waals surface area contributed by atoms with Gasteiger partial charge < -0.3 is 15.0 Å². The molecule has 8 heteroatoms. The van der Waals surface area contributed by atoms with Crippen LogP contribution in [0, 0.1) is 18.6 Å². The number of aryl methyl sites for hydroxylation is 1. The number of methoxy groups -OCH3 is 1. The third-order valence-corrected chi connectivity index (χ3v) is 5.04. The SMILES string of the molecule is C=CCn1c(=S)[nH]c2cc(C(=O)NCc3ncc(C)c(OC)c3C)ccc2c1=O. The van der Waals surface area contributed by atoms with E-state index in [0.29, 0.717) is 23.0 Å². The van der Waals surface area contributed by atoms with Crippen LogP contribution in [0.25, 0.3) is 10.9 Å². The van der Waals surface area contributed by atoms with Gasteiger partial charge in [-0.25, -0.2) is 0 Å². The Morgan fingerprint density at radius 1 is 1.41 bits per heavy atom. The van der Waals surface area contributed by atoms with Crippen molar-refractivity contribution in [1.29, 1.82) is 0 Å². The first kappa shape index (κ1) is 20.5. The number of allylic oxidation sites excluding steroid dienone is 1. The molecule has 0 atom stereocenters. The lowest BCUT2D eigenvalue weighted by Gasteiger charge is -2.13. The quantitative estimate of drug-likeness (QED) is 0.481. The van der Waals surface area contributed by atoms with E-state index in [4.69, 9.17) is 17.0 Å². The maximum absolute atomic E-state index is 12.6. The number of carbonyl (C=O) groups excluding carboxylic acids is 1. The fourth-order valence-corrected chi connectivity index (χ4v) is 3.47. The summed E-state index contributed by atoms with van der Waals surface area (Å²) >= 11 is 5.24. The number of nitrogens with one attached hydrogen (secondary N) is 2. The first-order valence-electron chi connectivity index (χ1n) is 9.02. The van der Waals surface area contributed by atoms with Crippen LogP contribution < -0.4 is 15.6 Å². The van der Waals surface area contributed by atoms with E-state index in [-0.39, 0.29) is 22.8 Å². The number of carbonyl (C=O) groups is 1. The number of pyridine rings is 1. The molecule has 0 spiro atoms. The van der Waals surface area contributed by atoms with Crippen molar-refractivity contribution >= 4 is 29.0 Å². The lowest BCUT2D eigenvalue weighted by atomic mass is 10.1. The summed E-state index contributed by atoms with van der Waals surface area (Å²) in [5.41, 5.74) is 3.26. The van der Waals surface area contributed by atoms with Crippen LogP contribution in [-0.2, 0) is 13.1 Å². The Hall–Kier alpha value is -3.26. The van der Waals surface area contributed by atoms with Crippen LogP contribution >= 0.6 is 12.2 Å². The van der Waals surface area contributed by atoms with Gasteiger partial charge in [0.2, 0.25) is 0 Å². The second kappa shape index (κ2) is 8.40. The molecule has 0 bridgehead atoms. The Kier molecular flexibility index (Phi) is 5.93. The zero-order chi connectivity index (χ0) is 21.1. The van der Waals surface area contributed by atoms with Crippen molar-refractivity contribution in [2.45, 2.75) is 26.9 Å². The average Bonchev–Trinajstić information content (AvgIpc) is 2.70. The first-order chi connectivity index (χ1) is 13.9. The number of ether oxygens (including phenoxy) is 1. The third kappa shape index (κ3) is 3.97. The van der Waals surface area contributed by atoms with Crippen LogP contribution in [0.5, 0.6) is 5.75 Å². The summed E-state index contributed by atoms with van der Waals surface area (Å²) in [5, 5.41) is 3.32. The van der Waals surface area contributed by atoms with Crippen molar-refractivity contribution in [3.05, 3.63) is 74.6 Å². The molecule has 0 aliphatic heterocycles. The van der Waals surface area contributed by atoms with Crippen molar-refractivity contribution in [1.82, 2.24) is 19.9 Å². The predicted octanol–water partition coefficient (Wildman–Crippen LogP) is 3.20. The molecular formula is C21H22N4O3S. The van der Waals surface area contributed by atoms with E-state index in [1.165, 1.54) is 4.57 Å². The molecule has 0 fully saturated rings. The molecule has 2 N–H and O–H groups in total. The number of fused-ring (bicyclic) bond motifs is 1. The van der Waals surface area contributed by atoms with E-state index < -0.39 is 0 Å². The van der Waals surface area contributed by atoms with Gasteiger partial charge in [-0.3, -0.25) is 19.1 Å². The summed E-state index contributed by atoms with van der Waals surface area (Å²) in [6.45, 7) is 8.04. The van der Waals surface area contributed by atoms with E-state index in [1.54, 1.807) is 37.6 Å². The van der Waals surface area contributed by atoms with Gasteiger partial charge in [0.25, 0.3) is 11.5 Å². The molecular weight excluding hydrogens is 388 g/mol. The van der Waals surface area contributed by atoms with E-state index in [9.17, 15) is 9.59 Å². The van der Waals surface area contributed by atoms with Crippen LogP contribution in [-0.4, -0.2) is 27.6 Å². The highest BCUT2D eigenvalue weighted by Gasteiger charge is 2.13. The number of amides is 1. The van der Waals surface area contributed by atoms with Crippen molar-refractivity contribution in [2.75, 3.05) is 7.11 Å². The number of H-pyrrole nitrogens is 1. The topological polar surface area (TPSA) is 89.0 Å². The molecule has 29 heavy (non-hydrogen) atoms. The fourth-order valence-electron chi connectivity index (χ4n) is 3.21. The summed E-state index contributed by atoms with van der Waals surface area (Å²) in [4.78, 5) is 32.6. The molecule has 0 saturated heterocycles. The van der Waals surface area contributed by atoms with Gasteiger partial charge in [0.1, 0.15) is 5.75 Å². The molecule has 0 aliphatic carbocycles. The molecule has 0 radical (unpaired) electrons. The molecule has 3 aromatic rings. The Balaban J connectivity index is 1.87. The molecule has 2 aromatic heterocycles. The summed E-state index contributed by atoms with van der Waals surface area (Å²) in [6.07, 6.45) is 3.33. The number of nitrogens with zero attached hydrogens (tertiary/aromatic N) is 2. The maximum atomic E-state index is 12.6. The minimum atomic E-state index is -0.276. The van der Waals surface area contributed by atoms with E-state index in [0.717, 1.165) is 22.6 Å². The van der Waals surface area contributed by atoms with Crippen molar-refractivity contribution in [3.63, 3.8) is 0 Å². The summed E-state index contributed by atoms with van der Waals surface area (Å²) in [6, 6.07) is 4.86. The van der Waals surface area contributed by atoms with E-state index >= 15 is 0 Å².